The number of nitrogens with zero attached hydrogens (tertiary/aromatic N) is 4. The minimum absolute atomic E-state index is 0.0267. The third-order valence-corrected chi connectivity index (χ3v) is 3.86. The van der Waals surface area contributed by atoms with Crippen molar-refractivity contribution in [3.8, 4) is 6.07 Å². The number of pyridine rings is 1. The number of carbonyl (C=O) groups is 1. The van der Waals surface area contributed by atoms with Gasteiger partial charge in [0.25, 0.3) is 5.91 Å². The molecule has 0 radical (unpaired) electrons. The molecule has 1 fully saturated rings. The van der Waals surface area contributed by atoms with Crippen molar-refractivity contribution < 1.29 is 4.79 Å². The van der Waals surface area contributed by atoms with Crippen LogP contribution in [0, 0.1) is 11.3 Å². The summed E-state index contributed by atoms with van der Waals surface area (Å²) in [7, 11) is 0. The Balaban J connectivity index is 1.63. The number of piperazine rings is 1. The molecule has 1 aromatic heterocycles. The fourth-order valence-electron chi connectivity index (χ4n) is 2.59. The van der Waals surface area contributed by atoms with Crippen LogP contribution in [0.1, 0.15) is 15.9 Å². The second-order valence-electron chi connectivity index (χ2n) is 5.17. The molecule has 22 heavy (non-hydrogen) atoms. The zero-order valence-corrected chi connectivity index (χ0v) is 12.1. The first-order chi connectivity index (χ1) is 10.8. The summed E-state index contributed by atoms with van der Waals surface area (Å²) in [6.45, 7) is 3.01. The largest absolute Gasteiger partial charge is 0.368 e. The van der Waals surface area contributed by atoms with Crippen molar-refractivity contribution in [3.05, 3.63) is 59.9 Å². The third-order valence-electron chi connectivity index (χ3n) is 3.86. The summed E-state index contributed by atoms with van der Waals surface area (Å²) in [5.74, 6) is 0.0267. The summed E-state index contributed by atoms with van der Waals surface area (Å²) < 4.78 is 0. The highest BCUT2D eigenvalue weighted by atomic mass is 16.2. The molecule has 1 aliphatic rings. The van der Waals surface area contributed by atoms with Crippen molar-refractivity contribution in [2.75, 3.05) is 31.1 Å². The predicted octanol–water partition coefficient (Wildman–Crippen LogP) is 1.92. The Bertz CT molecular complexity index is 683. The number of anilines is 1. The van der Waals surface area contributed by atoms with Crippen LogP contribution in [-0.2, 0) is 0 Å². The molecule has 2 aromatic rings. The third kappa shape index (κ3) is 2.91. The molecule has 0 N–H and O–H groups in total. The van der Waals surface area contributed by atoms with Gasteiger partial charge in [-0.25, -0.2) is 0 Å². The average molecular weight is 292 g/mol. The van der Waals surface area contributed by atoms with Crippen molar-refractivity contribution in [3.63, 3.8) is 0 Å². The highest BCUT2D eigenvalue weighted by molar-refractivity contribution is 5.94. The van der Waals surface area contributed by atoms with Crippen molar-refractivity contribution in [2.24, 2.45) is 0 Å². The minimum Gasteiger partial charge on any atom is -0.368 e. The Morgan fingerprint density at radius 2 is 1.64 bits per heavy atom. The van der Waals surface area contributed by atoms with Gasteiger partial charge in [0.05, 0.1) is 11.6 Å². The molecule has 0 aliphatic carbocycles. The molecule has 1 aliphatic heterocycles. The van der Waals surface area contributed by atoms with E-state index >= 15 is 0 Å². The zero-order chi connectivity index (χ0) is 15.4. The van der Waals surface area contributed by atoms with E-state index in [2.05, 4.69) is 16.0 Å². The van der Waals surface area contributed by atoms with Crippen LogP contribution < -0.4 is 4.90 Å². The smallest absolute Gasteiger partial charge is 0.253 e. The van der Waals surface area contributed by atoms with Gasteiger partial charge in [0.15, 0.2) is 0 Å². The number of hydrogen-bond donors (Lipinski definition) is 0. The van der Waals surface area contributed by atoms with E-state index < -0.39 is 0 Å². The fourth-order valence-corrected chi connectivity index (χ4v) is 2.59. The van der Waals surface area contributed by atoms with E-state index in [9.17, 15) is 4.79 Å². The zero-order valence-electron chi connectivity index (χ0n) is 12.1. The van der Waals surface area contributed by atoms with Gasteiger partial charge < -0.3 is 9.80 Å². The van der Waals surface area contributed by atoms with Crippen LogP contribution in [0.4, 0.5) is 5.69 Å². The Hall–Kier alpha value is -2.87. The lowest BCUT2D eigenvalue weighted by molar-refractivity contribution is 0.0747. The highest BCUT2D eigenvalue weighted by Crippen LogP contribution is 2.16. The topological polar surface area (TPSA) is 60.2 Å². The van der Waals surface area contributed by atoms with E-state index in [-0.39, 0.29) is 5.91 Å². The second kappa shape index (κ2) is 6.27. The van der Waals surface area contributed by atoms with E-state index in [4.69, 9.17) is 5.26 Å². The van der Waals surface area contributed by atoms with E-state index in [1.54, 1.807) is 36.7 Å². The van der Waals surface area contributed by atoms with Crippen LogP contribution in [0.2, 0.25) is 0 Å². The molecule has 5 nitrogen and oxygen atoms in total. The van der Waals surface area contributed by atoms with E-state index in [1.165, 1.54) is 0 Å². The molecule has 0 bridgehead atoms. The molecule has 5 heteroatoms. The van der Waals surface area contributed by atoms with Gasteiger partial charge >= 0.3 is 0 Å². The average Bonchev–Trinajstić information content (AvgIpc) is 2.62. The summed E-state index contributed by atoms with van der Waals surface area (Å²) in [6.07, 6.45) is 3.56. The molecule has 110 valence electrons. The molecular weight excluding hydrogens is 276 g/mol. The summed E-state index contributed by atoms with van der Waals surface area (Å²) in [4.78, 5) is 20.6. The normalized spacial score (nSPS) is 14.5. The molecular formula is C17H16N4O. The molecule has 1 aromatic carbocycles. The molecule has 0 saturated carbocycles. The lowest BCUT2D eigenvalue weighted by Crippen LogP contribution is -2.48. The van der Waals surface area contributed by atoms with E-state index in [0.717, 1.165) is 18.8 Å². The summed E-state index contributed by atoms with van der Waals surface area (Å²) >= 11 is 0. The highest BCUT2D eigenvalue weighted by Gasteiger charge is 2.22. The lowest BCUT2D eigenvalue weighted by Gasteiger charge is -2.36. The summed E-state index contributed by atoms with van der Waals surface area (Å²) in [5.41, 5.74) is 2.34. The predicted molar refractivity (Wildman–Crippen MR) is 83.5 cm³/mol. The van der Waals surface area contributed by atoms with Gasteiger partial charge in [-0.15, -0.1) is 0 Å². The molecule has 0 atom stereocenters. The second-order valence-corrected chi connectivity index (χ2v) is 5.17. The first-order valence-corrected chi connectivity index (χ1v) is 7.22. The number of carbonyl (C=O) groups excluding carboxylic acids is 1. The van der Waals surface area contributed by atoms with Crippen LogP contribution in [0.15, 0.2) is 48.8 Å². The maximum atomic E-state index is 12.5. The quantitative estimate of drug-likeness (QED) is 0.848. The number of rotatable bonds is 2. The Morgan fingerprint density at radius 1 is 1.00 bits per heavy atom. The van der Waals surface area contributed by atoms with Gasteiger partial charge in [0, 0.05) is 49.8 Å². The first kappa shape index (κ1) is 14.1. The van der Waals surface area contributed by atoms with Crippen molar-refractivity contribution in [1.29, 1.82) is 5.26 Å². The van der Waals surface area contributed by atoms with E-state index in [0.29, 0.717) is 24.2 Å². The SMILES string of the molecule is N#Cc1ccc(C(=O)N2CCN(c3ccncc3)CC2)cc1. The Kier molecular flexibility index (Phi) is 4.01. The number of nitriles is 1. The van der Waals surface area contributed by atoms with Gasteiger partial charge in [0.1, 0.15) is 0 Å². The van der Waals surface area contributed by atoms with Gasteiger partial charge in [-0.1, -0.05) is 0 Å². The van der Waals surface area contributed by atoms with Gasteiger partial charge in [-0.05, 0) is 36.4 Å². The molecule has 0 unspecified atom stereocenters. The van der Waals surface area contributed by atoms with Gasteiger partial charge in [-0.3, -0.25) is 9.78 Å². The fraction of sp³-hybridized carbons (Fsp3) is 0.235. The van der Waals surface area contributed by atoms with E-state index in [1.807, 2.05) is 17.0 Å². The standard InChI is InChI=1S/C17H16N4O/c18-13-14-1-3-15(4-2-14)17(22)21-11-9-20(10-12-21)16-5-7-19-8-6-16/h1-8H,9-12H2. The number of amides is 1. The molecule has 3 rings (SSSR count). The molecule has 1 saturated heterocycles. The van der Waals surface area contributed by atoms with Crippen LogP contribution in [0.25, 0.3) is 0 Å². The van der Waals surface area contributed by atoms with Crippen LogP contribution in [0.3, 0.4) is 0 Å². The van der Waals surface area contributed by atoms with Crippen LogP contribution in [0.5, 0.6) is 0 Å². The lowest BCUT2D eigenvalue weighted by atomic mass is 10.1. The minimum atomic E-state index is 0.0267. The maximum Gasteiger partial charge on any atom is 0.253 e. The number of hydrogen-bond acceptors (Lipinski definition) is 4. The van der Waals surface area contributed by atoms with Gasteiger partial charge in [-0.2, -0.15) is 5.26 Å². The molecule has 0 spiro atoms. The van der Waals surface area contributed by atoms with Crippen molar-refractivity contribution in [2.45, 2.75) is 0 Å². The van der Waals surface area contributed by atoms with Gasteiger partial charge in [0.2, 0.25) is 0 Å². The summed E-state index contributed by atoms with van der Waals surface area (Å²) in [5, 5.41) is 8.80. The van der Waals surface area contributed by atoms with Crippen LogP contribution >= 0.6 is 0 Å². The number of aromatic nitrogens is 1. The number of benzene rings is 1. The molecule has 1 amide bonds. The van der Waals surface area contributed by atoms with Crippen molar-refractivity contribution in [1.82, 2.24) is 9.88 Å². The summed E-state index contributed by atoms with van der Waals surface area (Å²) in [6, 6.07) is 12.8. The molecule has 2 heterocycles. The first-order valence-electron chi connectivity index (χ1n) is 7.22. The maximum absolute atomic E-state index is 12.5. The van der Waals surface area contributed by atoms with Crippen LogP contribution in [-0.4, -0.2) is 42.0 Å². The Labute approximate surface area is 129 Å². The van der Waals surface area contributed by atoms with Crippen molar-refractivity contribution >= 4 is 11.6 Å². The Morgan fingerprint density at radius 3 is 2.23 bits per heavy atom. The monoisotopic (exact) mass is 292 g/mol.